The molecule has 0 bridgehead atoms. The van der Waals surface area contributed by atoms with Gasteiger partial charge >= 0.3 is 6.36 Å². The lowest BCUT2D eigenvalue weighted by Crippen LogP contribution is -2.39. The molecule has 3 aromatic rings. The highest BCUT2D eigenvalue weighted by atomic mass is 79.9. The van der Waals surface area contributed by atoms with Crippen molar-refractivity contribution in [2.45, 2.75) is 19.2 Å². The molecule has 1 amide bonds. The summed E-state index contributed by atoms with van der Waals surface area (Å²) in [5.74, 6) is 0.563. The van der Waals surface area contributed by atoms with Crippen LogP contribution in [0.25, 0.3) is 10.9 Å². The molecular formula is C24H25BrF3N5O2. The van der Waals surface area contributed by atoms with Gasteiger partial charge in [-0.15, -0.1) is 13.2 Å². The van der Waals surface area contributed by atoms with E-state index in [1.54, 1.807) is 0 Å². The number of hydrogen-bond acceptors (Lipinski definition) is 6. The average Bonchev–Trinajstić information content (AvgIpc) is 2.81. The number of rotatable bonds is 6. The molecule has 1 fully saturated rings. The Labute approximate surface area is 209 Å². The van der Waals surface area contributed by atoms with Crippen molar-refractivity contribution in [3.8, 4) is 5.75 Å². The zero-order valence-corrected chi connectivity index (χ0v) is 20.9. The summed E-state index contributed by atoms with van der Waals surface area (Å²) in [5.41, 5.74) is 0.714. The molecule has 0 unspecified atom stereocenters. The van der Waals surface area contributed by atoms with Crippen molar-refractivity contribution in [2.75, 3.05) is 43.5 Å². The maximum absolute atomic E-state index is 12.7. The third-order valence-corrected chi connectivity index (χ3v) is 6.35. The second kappa shape index (κ2) is 10.3. The van der Waals surface area contributed by atoms with E-state index in [1.807, 2.05) is 43.3 Å². The number of aromatic nitrogens is 2. The molecule has 1 saturated heterocycles. The molecular weight excluding hydrogens is 527 g/mol. The van der Waals surface area contributed by atoms with Crippen LogP contribution < -0.4 is 19.9 Å². The summed E-state index contributed by atoms with van der Waals surface area (Å²) in [6.07, 6.45) is -3.31. The maximum atomic E-state index is 12.7. The molecule has 0 atom stereocenters. The fourth-order valence-corrected chi connectivity index (χ4v) is 4.43. The molecule has 186 valence electrons. The second-order valence-corrected chi connectivity index (χ2v) is 9.50. The van der Waals surface area contributed by atoms with Gasteiger partial charge < -0.3 is 19.9 Å². The van der Waals surface area contributed by atoms with Crippen molar-refractivity contribution in [1.29, 1.82) is 0 Å². The van der Waals surface area contributed by atoms with Gasteiger partial charge in [-0.05, 0) is 49.1 Å². The lowest BCUT2D eigenvalue weighted by atomic mass is 9.97. The van der Waals surface area contributed by atoms with Crippen molar-refractivity contribution in [1.82, 2.24) is 15.3 Å². The topological polar surface area (TPSA) is 70.6 Å². The van der Waals surface area contributed by atoms with Crippen LogP contribution in [0, 0.1) is 5.92 Å². The summed E-state index contributed by atoms with van der Waals surface area (Å²) in [6.45, 7) is 1.79. The van der Waals surface area contributed by atoms with Crippen LogP contribution in [-0.2, 0) is 0 Å². The molecule has 1 aliphatic heterocycles. The summed E-state index contributed by atoms with van der Waals surface area (Å²) < 4.78 is 42.6. The third kappa shape index (κ3) is 6.14. The van der Waals surface area contributed by atoms with Crippen LogP contribution in [0.5, 0.6) is 5.75 Å². The van der Waals surface area contributed by atoms with Gasteiger partial charge in [-0.1, -0.05) is 28.1 Å². The highest BCUT2D eigenvalue weighted by Gasteiger charge is 2.33. The van der Waals surface area contributed by atoms with Gasteiger partial charge in [-0.25, -0.2) is 4.98 Å². The van der Waals surface area contributed by atoms with Crippen LogP contribution in [0.2, 0.25) is 0 Å². The fraction of sp³-hybridized carbons (Fsp3) is 0.375. The Hall–Kier alpha value is -3.08. The molecule has 35 heavy (non-hydrogen) atoms. The van der Waals surface area contributed by atoms with Gasteiger partial charge in [0.1, 0.15) is 11.6 Å². The smallest absolute Gasteiger partial charge is 0.405 e. The van der Waals surface area contributed by atoms with Gasteiger partial charge in [0.15, 0.2) is 0 Å². The minimum absolute atomic E-state index is 0.163. The summed E-state index contributed by atoms with van der Waals surface area (Å²) in [4.78, 5) is 26.2. The van der Waals surface area contributed by atoms with Crippen LogP contribution >= 0.6 is 15.9 Å². The molecule has 2 heterocycles. The van der Waals surface area contributed by atoms with Gasteiger partial charge in [0.25, 0.3) is 5.91 Å². The normalized spacial score (nSPS) is 14.7. The van der Waals surface area contributed by atoms with E-state index in [9.17, 15) is 18.0 Å². The number of carbonyl (C=O) groups excluding carboxylic acids is 1. The van der Waals surface area contributed by atoms with Gasteiger partial charge in [-0.3, -0.25) is 4.79 Å². The quantitative estimate of drug-likeness (QED) is 0.464. The van der Waals surface area contributed by atoms with E-state index in [0.29, 0.717) is 30.1 Å². The van der Waals surface area contributed by atoms with Gasteiger partial charge in [0, 0.05) is 43.6 Å². The van der Waals surface area contributed by atoms with Gasteiger partial charge in [0.2, 0.25) is 5.95 Å². The highest BCUT2D eigenvalue weighted by Crippen LogP contribution is 2.30. The molecule has 0 radical (unpaired) electrons. The first-order valence-electron chi connectivity index (χ1n) is 11.1. The number of ether oxygens (including phenoxy) is 1. The van der Waals surface area contributed by atoms with Crippen LogP contribution in [0.15, 0.2) is 46.9 Å². The van der Waals surface area contributed by atoms with E-state index in [2.05, 4.69) is 30.9 Å². The zero-order chi connectivity index (χ0) is 25.2. The predicted octanol–water partition coefficient (Wildman–Crippen LogP) is 5.00. The number of piperidine rings is 1. The van der Waals surface area contributed by atoms with E-state index in [-0.39, 0.29) is 11.5 Å². The first-order valence-corrected chi connectivity index (χ1v) is 11.9. The number of amides is 1. The third-order valence-electron chi connectivity index (χ3n) is 5.86. The number of benzene rings is 2. The van der Waals surface area contributed by atoms with E-state index >= 15 is 0 Å². The Morgan fingerprint density at radius 2 is 1.89 bits per heavy atom. The first kappa shape index (κ1) is 25.0. The minimum Gasteiger partial charge on any atom is -0.405 e. The Bertz CT molecular complexity index is 1210. The molecule has 2 aromatic carbocycles. The van der Waals surface area contributed by atoms with Crippen LogP contribution in [0.1, 0.15) is 23.2 Å². The number of nitrogens with zero attached hydrogens (tertiary/aromatic N) is 4. The number of halogens is 4. The summed E-state index contributed by atoms with van der Waals surface area (Å²) >= 11 is 3.11. The molecule has 1 N–H and O–H groups in total. The van der Waals surface area contributed by atoms with Crippen LogP contribution in [0.4, 0.5) is 24.9 Å². The SMILES string of the molecule is CN(C)c1nc(N2CCC(CNC(=O)c3ccc(Br)cc3OC(F)(F)F)CC2)nc2ccccc12. The molecule has 1 aliphatic rings. The molecule has 0 saturated carbocycles. The molecule has 4 rings (SSSR count). The van der Waals surface area contributed by atoms with Crippen molar-refractivity contribution >= 4 is 44.5 Å². The van der Waals surface area contributed by atoms with Crippen molar-refractivity contribution in [2.24, 2.45) is 5.92 Å². The number of fused-ring (bicyclic) bond motifs is 1. The van der Waals surface area contributed by atoms with E-state index in [4.69, 9.17) is 9.97 Å². The molecule has 0 spiro atoms. The Balaban J connectivity index is 1.38. The van der Waals surface area contributed by atoms with E-state index in [0.717, 1.165) is 35.6 Å². The van der Waals surface area contributed by atoms with Crippen molar-refractivity contribution < 1.29 is 22.7 Å². The van der Waals surface area contributed by atoms with E-state index < -0.39 is 18.0 Å². The predicted molar refractivity (Wildman–Crippen MR) is 132 cm³/mol. The highest BCUT2D eigenvalue weighted by molar-refractivity contribution is 9.10. The fourth-order valence-electron chi connectivity index (χ4n) is 4.09. The monoisotopic (exact) mass is 551 g/mol. The lowest BCUT2D eigenvalue weighted by Gasteiger charge is -2.32. The Kier molecular flexibility index (Phi) is 7.34. The van der Waals surface area contributed by atoms with Crippen LogP contribution in [-0.4, -0.2) is 56.0 Å². The largest absolute Gasteiger partial charge is 0.573 e. The average molecular weight is 552 g/mol. The molecule has 0 aliphatic carbocycles. The van der Waals surface area contributed by atoms with Crippen LogP contribution in [0.3, 0.4) is 0 Å². The number of nitrogens with one attached hydrogen (secondary N) is 1. The lowest BCUT2D eigenvalue weighted by molar-refractivity contribution is -0.274. The van der Waals surface area contributed by atoms with Crippen molar-refractivity contribution in [3.63, 3.8) is 0 Å². The number of hydrogen-bond donors (Lipinski definition) is 1. The first-order chi connectivity index (χ1) is 16.6. The van der Waals surface area contributed by atoms with Gasteiger partial charge in [0.05, 0.1) is 11.1 Å². The Morgan fingerprint density at radius 1 is 1.17 bits per heavy atom. The number of carbonyl (C=O) groups is 1. The standard InChI is InChI=1S/C24H25BrF3N5O2/c1-32(2)21-17-5-3-4-6-19(17)30-23(31-21)33-11-9-15(10-12-33)14-29-22(34)18-8-7-16(25)13-20(18)35-24(26,27)28/h3-8,13,15H,9-12,14H2,1-2H3,(H,29,34). The Morgan fingerprint density at radius 3 is 2.57 bits per heavy atom. The maximum Gasteiger partial charge on any atom is 0.573 e. The van der Waals surface area contributed by atoms with Crippen molar-refractivity contribution in [3.05, 3.63) is 52.5 Å². The number of anilines is 2. The number of para-hydroxylation sites is 1. The second-order valence-electron chi connectivity index (χ2n) is 8.59. The minimum atomic E-state index is -4.89. The molecule has 11 heteroatoms. The summed E-state index contributed by atoms with van der Waals surface area (Å²) in [5, 5.41) is 3.75. The van der Waals surface area contributed by atoms with E-state index in [1.165, 1.54) is 12.1 Å². The van der Waals surface area contributed by atoms with Gasteiger partial charge in [-0.2, -0.15) is 4.98 Å². The molecule has 7 nitrogen and oxygen atoms in total. The number of alkyl halides is 3. The summed E-state index contributed by atoms with van der Waals surface area (Å²) in [7, 11) is 3.90. The summed E-state index contributed by atoms with van der Waals surface area (Å²) in [6, 6.07) is 11.8. The zero-order valence-electron chi connectivity index (χ0n) is 19.3. The molecule has 1 aromatic heterocycles.